The van der Waals surface area contributed by atoms with Crippen molar-refractivity contribution in [2.75, 3.05) is 45.3 Å². The Morgan fingerprint density at radius 1 is 0.958 bits per heavy atom. The van der Waals surface area contributed by atoms with Gasteiger partial charge in [0, 0.05) is 16.3 Å². The predicted molar refractivity (Wildman–Crippen MR) is 97.6 cm³/mol. The summed E-state index contributed by atoms with van der Waals surface area (Å²) >= 11 is 5.97. The third-order valence-electron chi connectivity index (χ3n) is 4.56. The molecular formula is C19H24ClN2O2+. The Labute approximate surface area is 148 Å². The van der Waals surface area contributed by atoms with Gasteiger partial charge in [0.15, 0.2) is 11.5 Å². The van der Waals surface area contributed by atoms with Crippen LogP contribution >= 0.6 is 11.6 Å². The van der Waals surface area contributed by atoms with Gasteiger partial charge >= 0.3 is 0 Å². The number of quaternary nitrogens is 1. The van der Waals surface area contributed by atoms with E-state index in [0.29, 0.717) is 0 Å². The molecule has 3 rings (SSSR count). The minimum absolute atomic E-state index is 0.781. The summed E-state index contributed by atoms with van der Waals surface area (Å²) in [5.74, 6) is 1.58. The van der Waals surface area contributed by atoms with Gasteiger partial charge in [0.25, 0.3) is 0 Å². The first kappa shape index (κ1) is 16.9. The Morgan fingerprint density at radius 3 is 2.25 bits per heavy atom. The van der Waals surface area contributed by atoms with Crippen LogP contribution in [-0.2, 0) is 6.54 Å². The van der Waals surface area contributed by atoms with Crippen LogP contribution in [0.4, 0.5) is 5.69 Å². The minimum Gasteiger partial charge on any atom is -0.493 e. The highest BCUT2D eigenvalue weighted by molar-refractivity contribution is 6.30. The summed E-state index contributed by atoms with van der Waals surface area (Å²) < 4.78 is 10.7. The molecule has 1 aliphatic heterocycles. The van der Waals surface area contributed by atoms with Crippen LogP contribution < -0.4 is 19.3 Å². The van der Waals surface area contributed by atoms with Gasteiger partial charge in [-0.15, -0.1) is 0 Å². The van der Waals surface area contributed by atoms with Crippen LogP contribution in [0.1, 0.15) is 5.56 Å². The molecule has 24 heavy (non-hydrogen) atoms. The molecule has 0 spiro atoms. The van der Waals surface area contributed by atoms with E-state index in [0.717, 1.165) is 49.2 Å². The van der Waals surface area contributed by atoms with E-state index in [4.69, 9.17) is 21.1 Å². The van der Waals surface area contributed by atoms with Gasteiger partial charge in [-0.2, -0.15) is 0 Å². The Kier molecular flexibility index (Phi) is 5.48. The molecule has 0 saturated carbocycles. The van der Waals surface area contributed by atoms with Crippen LogP contribution in [0.5, 0.6) is 11.5 Å². The van der Waals surface area contributed by atoms with E-state index in [2.05, 4.69) is 29.2 Å². The number of hydrogen-bond acceptors (Lipinski definition) is 3. The van der Waals surface area contributed by atoms with Crippen molar-refractivity contribution in [2.45, 2.75) is 6.54 Å². The third kappa shape index (κ3) is 3.94. The fourth-order valence-electron chi connectivity index (χ4n) is 3.19. The molecule has 1 saturated heterocycles. The van der Waals surface area contributed by atoms with Gasteiger partial charge < -0.3 is 19.3 Å². The van der Waals surface area contributed by atoms with Gasteiger partial charge in [-0.3, -0.25) is 0 Å². The van der Waals surface area contributed by atoms with Gasteiger partial charge in [0.1, 0.15) is 6.54 Å². The number of rotatable bonds is 5. The minimum atomic E-state index is 0.781. The molecule has 5 heteroatoms. The SMILES string of the molecule is COc1ccc(C[NH+]2CCN(c3ccc(Cl)cc3)CC2)cc1OC. The van der Waals surface area contributed by atoms with Gasteiger partial charge in [-0.1, -0.05) is 11.6 Å². The first-order chi connectivity index (χ1) is 11.7. The lowest BCUT2D eigenvalue weighted by molar-refractivity contribution is -0.914. The van der Waals surface area contributed by atoms with E-state index in [1.54, 1.807) is 19.1 Å². The lowest BCUT2D eigenvalue weighted by atomic mass is 10.1. The number of hydrogen-bond donors (Lipinski definition) is 1. The molecule has 2 aromatic carbocycles. The van der Waals surface area contributed by atoms with Crippen molar-refractivity contribution < 1.29 is 14.4 Å². The maximum absolute atomic E-state index is 5.97. The summed E-state index contributed by atoms with van der Waals surface area (Å²) in [5.41, 5.74) is 2.53. The van der Waals surface area contributed by atoms with E-state index >= 15 is 0 Å². The summed E-state index contributed by atoms with van der Waals surface area (Å²) in [6.07, 6.45) is 0. The van der Waals surface area contributed by atoms with Crippen molar-refractivity contribution >= 4 is 17.3 Å². The Balaban J connectivity index is 1.58. The highest BCUT2D eigenvalue weighted by Crippen LogP contribution is 2.27. The standard InChI is InChI=1S/C19H23ClN2O2/c1-23-18-8-3-15(13-19(18)24-2)14-21-9-11-22(12-10-21)17-6-4-16(20)5-7-17/h3-8,13H,9-12,14H2,1-2H3/p+1. The maximum Gasteiger partial charge on any atom is 0.161 e. The van der Waals surface area contributed by atoms with Crippen molar-refractivity contribution in [1.29, 1.82) is 0 Å². The number of piperazine rings is 1. The van der Waals surface area contributed by atoms with Crippen LogP contribution in [0.3, 0.4) is 0 Å². The molecule has 2 aromatic rings. The molecule has 1 aliphatic rings. The largest absolute Gasteiger partial charge is 0.493 e. The van der Waals surface area contributed by atoms with Crippen molar-refractivity contribution in [1.82, 2.24) is 0 Å². The average Bonchev–Trinajstić information content (AvgIpc) is 2.63. The Hall–Kier alpha value is -1.91. The zero-order chi connectivity index (χ0) is 16.9. The fraction of sp³-hybridized carbons (Fsp3) is 0.368. The summed E-state index contributed by atoms with van der Waals surface area (Å²) in [5, 5.41) is 0.788. The van der Waals surface area contributed by atoms with Crippen LogP contribution in [0.25, 0.3) is 0 Å². The first-order valence-electron chi connectivity index (χ1n) is 8.24. The number of anilines is 1. The molecule has 1 N–H and O–H groups in total. The predicted octanol–water partition coefficient (Wildman–Crippen LogP) is 2.26. The van der Waals surface area contributed by atoms with Crippen LogP contribution in [0, 0.1) is 0 Å². The lowest BCUT2D eigenvalue weighted by Gasteiger charge is -2.33. The number of nitrogens with zero attached hydrogens (tertiary/aromatic N) is 1. The van der Waals surface area contributed by atoms with Crippen molar-refractivity contribution in [2.24, 2.45) is 0 Å². The molecule has 0 bridgehead atoms. The van der Waals surface area contributed by atoms with Crippen molar-refractivity contribution in [3.8, 4) is 11.5 Å². The number of halogens is 1. The van der Waals surface area contributed by atoms with Crippen LogP contribution in [0.15, 0.2) is 42.5 Å². The smallest absolute Gasteiger partial charge is 0.161 e. The number of benzene rings is 2. The molecule has 0 radical (unpaired) electrons. The molecule has 0 atom stereocenters. The van der Waals surface area contributed by atoms with Gasteiger partial charge in [0.05, 0.1) is 40.4 Å². The third-order valence-corrected chi connectivity index (χ3v) is 4.82. The molecule has 0 unspecified atom stereocenters. The average molecular weight is 348 g/mol. The summed E-state index contributed by atoms with van der Waals surface area (Å²) in [6.45, 7) is 5.37. The molecular weight excluding hydrogens is 324 g/mol. The molecule has 0 amide bonds. The number of nitrogens with one attached hydrogen (secondary N) is 1. The number of methoxy groups -OCH3 is 2. The van der Waals surface area contributed by atoms with E-state index in [-0.39, 0.29) is 0 Å². The van der Waals surface area contributed by atoms with Gasteiger partial charge in [-0.05, 0) is 42.5 Å². The molecule has 1 heterocycles. The molecule has 1 fully saturated rings. The summed E-state index contributed by atoms with van der Waals surface area (Å²) in [7, 11) is 3.35. The summed E-state index contributed by atoms with van der Waals surface area (Å²) in [4.78, 5) is 4.02. The lowest BCUT2D eigenvalue weighted by Crippen LogP contribution is -3.13. The van der Waals surface area contributed by atoms with Crippen LogP contribution in [-0.4, -0.2) is 40.4 Å². The Morgan fingerprint density at radius 2 is 1.62 bits per heavy atom. The highest BCUT2D eigenvalue weighted by Gasteiger charge is 2.20. The van der Waals surface area contributed by atoms with E-state index < -0.39 is 0 Å². The van der Waals surface area contributed by atoms with Crippen molar-refractivity contribution in [3.63, 3.8) is 0 Å². The zero-order valence-corrected chi connectivity index (χ0v) is 15.0. The maximum atomic E-state index is 5.97. The van der Waals surface area contributed by atoms with E-state index in [9.17, 15) is 0 Å². The second-order valence-corrected chi connectivity index (χ2v) is 6.52. The van der Waals surface area contributed by atoms with E-state index in [1.165, 1.54) is 11.3 Å². The topological polar surface area (TPSA) is 26.1 Å². The molecule has 128 valence electrons. The monoisotopic (exact) mass is 347 g/mol. The second-order valence-electron chi connectivity index (χ2n) is 6.08. The van der Waals surface area contributed by atoms with Crippen molar-refractivity contribution in [3.05, 3.63) is 53.1 Å². The van der Waals surface area contributed by atoms with E-state index in [1.807, 2.05) is 18.2 Å². The molecule has 4 nitrogen and oxygen atoms in total. The van der Waals surface area contributed by atoms with Crippen LogP contribution in [0.2, 0.25) is 5.02 Å². The highest BCUT2D eigenvalue weighted by atomic mass is 35.5. The Bertz CT molecular complexity index is 668. The normalized spacial score (nSPS) is 15.4. The zero-order valence-electron chi connectivity index (χ0n) is 14.2. The van der Waals surface area contributed by atoms with Gasteiger partial charge in [-0.25, -0.2) is 0 Å². The fourth-order valence-corrected chi connectivity index (χ4v) is 3.32. The number of ether oxygens (including phenoxy) is 2. The molecule has 0 aromatic heterocycles. The summed E-state index contributed by atoms with van der Waals surface area (Å²) in [6, 6.07) is 14.3. The first-order valence-corrected chi connectivity index (χ1v) is 8.62. The second kappa shape index (κ2) is 7.77. The quantitative estimate of drug-likeness (QED) is 0.898. The van der Waals surface area contributed by atoms with Gasteiger partial charge in [0.2, 0.25) is 0 Å². The molecule has 0 aliphatic carbocycles.